The molecule has 0 saturated heterocycles. The molecule has 0 N–H and O–H groups in total. The van der Waals surface area contributed by atoms with E-state index in [2.05, 4.69) is 121 Å². The Morgan fingerprint density at radius 2 is 0.912 bits per heavy atom. The molecule has 266 valence electrons. The van der Waals surface area contributed by atoms with Crippen LogP contribution < -0.4 is 0 Å². The Balaban J connectivity index is 1.07. The van der Waals surface area contributed by atoms with Crippen molar-refractivity contribution in [2.75, 3.05) is 0 Å². The fourth-order valence-corrected chi connectivity index (χ4v) is 10.4. The van der Waals surface area contributed by atoms with Crippen LogP contribution in [0.4, 0.5) is 0 Å². The van der Waals surface area contributed by atoms with Crippen molar-refractivity contribution in [2.24, 2.45) is 0 Å². The topological polar surface area (TPSA) is 51.8 Å². The summed E-state index contributed by atoms with van der Waals surface area (Å²) in [7, 11) is 0. The minimum Gasteiger partial charge on any atom is -0.456 e. The molecule has 3 heterocycles. The van der Waals surface area contributed by atoms with E-state index in [-0.39, 0.29) is 0 Å². The number of nitrogens with zero attached hydrogens (tertiary/aromatic N) is 3. The molecular formula is C52H31N3OS. The van der Waals surface area contributed by atoms with Gasteiger partial charge in [-0.15, -0.1) is 0 Å². The van der Waals surface area contributed by atoms with Crippen LogP contribution in [0.15, 0.2) is 202 Å². The van der Waals surface area contributed by atoms with Crippen LogP contribution in [0.5, 0.6) is 0 Å². The Morgan fingerprint density at radius 3 is 1.60 bits per heavy atom. The zero-order chi connectivity index (χ0) is 37.5. The molecule has 0 bridgehead atoms. The van der Waals surface area contributed by atoms with E-state index in [0.717, 1.165) is 49.8 Å². The fraction of sp³-hybridized carbons (Fsp3) is 0.0192. The minimum atomic E-state index is -0.453. The van der Waals surface area contributed by atoms with Crippen LogP contribution in [-0.2, 0) is 5.41 Å². The number of hydrogen-bond acceptors (Lipinski definition) is 5. The first-order valence-electron chi connectivity index (χ1n) is 19.2. The first-order chi connectivity index (χ1) is 28.2. The third kappa shape index (κ3) is 4.79. The van der Waals surface area contributed by atoms with E-state index >= 15 is 0 Å². The molecule has 10 aromatic rings. The van der Waals surface area contributed by atoms with Crippen LogP contribution in [0.25, 0.3) is 78.4 Å². The maximum absolute atomic E-state index is 6.58. The third-order valence-corrected chi connectivity index (χ3v) is 12.8. The summed E-state index contributed by atoms with van der Waals surface area (Å²) in [4.78, 5) is 17.6. The number of fused-ring (bicyclic) bond motifs is 12. The molecule has 8 aromatic carbocycles. The van der Waals surface area contributed by atoms with E-state index in [1.807, 2.05) is 78.5 Å². The van der Waals surface area contributed by atoms with Crippen molar-refractivity contribution in [3.8, 4) is 56.4 Å². The van der Waals surface area contributed by atoms with Crippen LogP contribution in [0.1, 0.15) is 22.3 Å². The summed E-state index contributed by atoms with van der Waals surface area (Å²) in [6, 6.07) is 66.8. The van der Waals surface area contributed by atoms with Gasteiger partial charge in [-0.3, -0.25) is 0 Å². The molecule has 0 fully saturated rings. The minimum absolute atomic E-state index is 0.453. The summed E-state index contributed by atoms with van der Waals surface area (Å²) >= 11 is 1.87. The fourth-order valence-electron chi connectivity index (χ4n) is 9.17. The van der Waals surface area contributed by atoms with Crippen molar-refractivity contribution < 1.29 is 4.42 Å². The lowest BCUT2D eigenvalue weighted by molar-refractivity contribution is 0.669. The van der Waals surface area contributed by atoms with Gasteiger partial charge >= 0.3 is 0 Å². The predicted molar refractivity (Wildman–Crippen MR) is 230 cm³/mol. The van der Waals surface area contributed by atoms with Crippen LogP contribution in [0.2, 0.25) is 0 Å². The summed E-state index contributed by atoms with van der Waals surface area (Å²) in [6.45, 7) is 0. The van der Waals surface area contributed by atoms with Crippen LogP contribution in [0.3, 0.4) is 0 Å². The zero-order valence-electron chi connectivity index (χ0n) is 30.6. The molecule has 1 spiro atoms. The Kier molecular flexibility index (Phi) is 7.04. The lowest BCUT2D eigenvalue weighted by Crippen LogP contribution is -2.31. The Bertz CT molecular complexity index is 3120. The van der Waals surface area contributed by atoms with E-state index in [1.165, 1.54) is 43.2 Å². The summed E-state index contributed by atoms with van der Waals surface area (Å²) in [5, 5.41) is 2.09. The molecule has 1 aliphatic carbocycles. The zero-order valence-corrected chi connectivity index (χ0v) is 31.4. The van der Waals surface area contributed by atoms with E-state index in [1.54, 1.807) is 0 Å². The van der Waals surface area contributed by atoms with Gasteiger partial charge in [-0.05, 0) is 87.0 Å². The Labute approximate surface area is 333 Å². The van der Waals surface area contributed by atoms with Gasteiger partial charge in [0.2, 0.25) is 0 Å². The second-order valence-electron chi connectivity index (χ2n) is 14.7. The second-order valence-corrected chi connectivity index (χ2v) is 15.8. The lowest BCUT2D eigenvalue weighted by Gasteiger charge is -2.39. The molecule has 0 amide bonds. The second kappa shape index (κ2) is 12.5. The molecule has 57 heavy (non-hydrogen) atoms. The maximum Gasteiger partial charge on any atom is 0.164 e. The average Bonchev–Trinajstić information content (AvgIpc) is 3.80. The molecule has 4 nitrogen and oxygen atoms in total. The van der Waals surface area contributed by atoms with Crippen LogP contribution in [0, 0.1) is 0 Å². The summed E-state index contributed by atoms with van der Waals surface area (Å²) < 4.78 is 6.58. The van der Waals surface area contributed by atoms with Gasteiger partial charge in [-0.2, -0.15) is 0 Å². The first kappa shape index (κ1) is 32.2. The highest BCUT2D eigenvalue weighted by Gasteiger charge is 2.50. The summed E-state index contributed by atoms with van der Waals surface area (Å²) in [6.07, 6.45) is 0. The normalized spacial score (nSPS) is 13.3. The predicted octanol–water partition coefficient (Wildman–Crippen LogP) is 13.3. The van der Waals surface area contributed by atoms with Gasteiger partial charge in [-0.1, -0.05) is 157 Å². The third-order valence-electron chi connectivity index (χ3n) is 11.6. The molecule has 1 aliphatic heterocycles. The average molecular weight is 746 g/mol. The van der Waals surface area contributed by atoms with Gasteiger partial charge < -0.3 is 4.42 Å². The standard InChI is InChI=1S/C52H31N3OS/c1-3-14-32(15-4-1)49-53-50(33-16-5-2-6-17-33)55-51(54-49)35-27-29-44-39(30-35)48-36(19-13-23-45(48)56-44)34-26-28-38-37-18-7-8-20-40(37)52(43(38)31-34)41-21-9-11-24-46(41)57-47-25-12-10-22-42(47)52/h1-31H. The number of rotatable bonds is 4. The Morgan fingerprint density at radius 1 is 0.368 bits per heavy atom. The molecule has 0 atom stereocenters. The molecule has 2 aromatic heterocycles. The van der Waals surface area contributed by atoms with Crippen molar-refractivity contribution >= 4 is 33.7 Å². The van der Waals surface area contributed by atoms with Crippen LogP contribution in [-0.4, -0.2) is 15.0 Å². The van der Waals surface area contributed by atoms with E-state index in [4.69, 9.17) is 19.4 Å². The van der Waals surface area contributed by atoms with Crippen molar-refractivity contribution in [1.29, 1.82) is 0 Å². The molecule has 0 unspecified atom stereocenters. The highest BCUT2D eigenvalue weighted by atomic mass is 32.2. The van der Waals surface area contributed by atoms with Crippen LogP contribution >= 0.6 is 11.8 Å². The van der Waals surface area contributed by atoms with Crippen molar-refractivity contribution in [1.82, 2.24) is 15.0 Å². The van der Waals surface area contributed by atoms with Gasteiger partial charge in [-0.25, -0.2) is 15.0 Å². The molecular weight excluding hydrogens is 715 g/mol. The Hall–Kier alpha value is -7.08. The molecule has 12 rings (SSSR count). The first-order valence-corrected chi connectivity index (χ1v) is 20.0. The van der Waals surface area contributed by atoms with Gasteiger partial charge in [0, 0.05) is 37.3 Å². The lowest BCUT2D eigenvalue weighted by atomic mass is 9.67. The highest BCUT2D eigenvalue weighted by molar-refractivity contribution is 7.99. The number of hydrogen-bond donors (Lipinski definition) is 0. The number of aromatic nitrogens is 3. The van der Waals surface area contributed by atoms with Crippen molar-refractivity contribution in [2.45, 2.75) is 15.2 Å². The summed E-state index contributed by atoms with van der Waals surface area (Å²) in [5.74, 6) is 1.88. The molecule has 0 saturated carbocycles. The maximum atomic E-state index is 6.58. The van der Waals surface area contributed by atoms with E-state index in [0.29, 0.717) is 17.5 Å². The molecule has 2 aliphatic rings. The SMILES string of the molecule is c1ccc(-c2nc(-c3ccccc3)nc(-c3ccc4oc5cccc(-c6ccc7c(c6)C6(c8ccccc8Sc8ccccc86)c6ccccc6-7)c5c4c3)n2)cc1. The smallest absolute Gasteiger partial charge is 0.164 e. The van der Waals surface area contributed by atoms with E-state index in [9.17, 15) is 0 Å². The number of furan rings is 1. The monoisotopic (exact) mass is 745 g/mol. The molecule has 5 heteroatoms. The largest absolute Gasteiger partial charge is 0.456 e. The summed E-state index contributed by atoms with van der Waals surface area (Å²) in [5.41, 5.74) is 14.1. The number of benzene rings is 8. The van der Waals surface area contributed by atoms with Crippen molar-refractivity contribution in [3.63, 3.8) is 0 Å². The van der Waals surface area contributed by atoms with Gasteiger partial charge in [0.15, 0.2) is 17.5 Å². The van der Waals surface area contributed by atoms with Gasteiger partial charge in [0.1, 0.15) is 11.2 Å². The van der Waals surface area contributed by atoms with Gasteiger partial charge in [0.25, 0.3) is 0 Å². The van der Waals surface area contributed by atoms with Crippen molar-refractivity contribution in [3.05, 3.63) is 210 Å². The van der Waals surface area contributed by atoms with E-state index < -0.39 is 5.41 Å². The highest BCUT2D eigenvalue weighted by Crippen LogP contribution is 2.62. The molecule has 0 radical (unpaired) electrons. The quantitative estimate of drug-likeness (QED) is 0.180. The van der Waals surface area contributed by atoms with Gasteiger partial charge in [0.05, 0.1) is 5.41 Å².